The molecule has 136 valence electrons. The van der Waals surface area contributed by atoms with Gasteiger partial charge < -0.3 is 15.8 Å². The molecule has 5 N–H and O–H groups in total. The van der Waals surface area contributed by atoms with Gasteiger partial charge in [-0.05, 0) is 12.5 Å². The number of ether oxygens (including phenoxy) is 1. The zero-order valence-corrected chi connectivity index (χ0v) is 14.8. The van der Waals surface area contributed by atoms with Crippen LogP contribution in [-0.4, -0.2) is 29.8 Å². The fraction of sp³-hybridized carbons (Fsp3) is 0.222. The van der Waals surface area contributed by atoms with E-state index in [1.165, 1.54) is 20.1 Å². The van der Waals surface area contributed by atoms with Gasteiger partial charge in [-0.3, -0.25) is 15.5 Å². The topological polar surface area (TPSA) is 130 Å². The minimum absolute atomic E-state index is 0.0387. The number of carbonyl (C=O) groups excluding carboxylic acids is 2. The fourth-order valence-electron chi connectivity index (χ4n) is 2.40. The first-order valence-electron chi connectivity index (χ1n) is 7.90. The zero-order chi connectivity index (χ0) is 19.3. The van der Waals surface area contributed by atoms with Crippen molar-refractivity contribution in [1.82, 2.24) is 10.3 Å². The quantitative estimate of drug-likeness (QED) is 0.372. The monoisotopic (exact) mass is 355 g/mol. The molecule has 0 aliphatic carbocycles. The predicted octanol–water partition coefficient (Wildman–Crippen LogP) is 2.72. The van der Waals surface area contributed by atoms with Gasteiger partial charge in [-0.1, -0.05) is 30.3 Å². The number of amides is 2. The number of nitrogens with two attached hydrogens (primary N) is 1. The average molecular weight is 355 g/mol. The Morgan fingerprint density at radius 3 is 2.50 bits per heavy atom. The van der Waals surface area contributed by atoms with Crippen LogP contribution in [0, 0.1) is 5.41 Å². The van der Waals surface area contributed by atoms with Crippen LogP contribution in [0.5, 0.6) is 0 Å². The van der Waals surface area contributed by atoms with Crippen molar-refractivity contribution in [2.24, 2.45) is 0 Å². The molecule has 0 aliphatic heterocycles. The number of urea groups is 1. The third-order valence-electron chi connectivity index (χ3n) is 3.70. The molecule has 0 saturated heterocycles. The summed E-state index contributed by atoms with van der Waals surface area (Å²) in [5.74, 6) is -0.553. The summed E-state index contributed by atoms with van der Waals surface area (Å²) in [6.07, 6.45) is 0. The molecule has 0 spiro atoms. The van der Waals surface area contributed by atoms with Crippen LogP contribution in [-0.2, 0) is 4.74 Å². The van der Waals surface area contributed by atoms with E-state index in [4.69, 9.17) is 15.9 Å². The van der Waals surface area contributed by atoms with Gasteiger partial charge in [-0.2, -0.15) is 0 Å². The van der Waals surface area contributed by atoms with E-state index < -0.39 is 11.8 Å². The van der Waals surface area contributed by atoms with Crippen molar-refractivity contribution in [3.05, 3.63) is 53.2 Å². The van der Waals surface area contributed by atoms with Crippen LogP contribution in [0.25, 0.3) is 0 Å². The van der Waals surface area contributed by atoms with Crippen LogP contribution in [0.1, 0.15) is 41.5 Å². The Morgan fingerprint density at radius 1 is 1.27 bits per heavy atom. The van der Waals surface area contributed by atoms with Crippen molar-refractivity contribution in [3.63, 3.8) is 0 Å². The van der Waals surface area contributed by atoms with Crippen LogP contribution in [0.2, 0.25) is 0 Å². The van der Waals surface area contributed by atoms with Crippen LogP contribution in [0.3, 0.4) is 0 Å². The molecule has 1 aromatic carbocycles. The number of benzene rings is 1. The Kier molecular flexibility index (Phi) is 5.90. The van der Waals surface area contributed by atoms with Crippen molar-refractivity contribution in [2.75, 3.05) is 18.2 Å². The summed E-state index contributed by atoms with van der Waals surface area (Å²) < 4.78 is 4.84. The Hall–Kier alpha value is -3.42. The molecule has 1 atom stereocenters. The minimum atomic E-state index is -0.489. The number of nitrogen functional groups attached to an aromatic ring is 1. The Morgan fingerprint density at radius 2 is 1.92 bits per heavy atom. The summed E-state index contributed by atoms with van der Waals surface area (Å²) in [5, 5.41) is 13.1. The molecule has 0 fully saturated rings. The van der Waals surface area contributed by atoms with Gasteiger partial charge in [0.1, 0.15) is 11.5 Å². The van der Waals surface area contributed by atoms with Gasteiger partial charge in [0, 0.05) is 13.0 Å². The summed E-state index contributed by atoms with van der Waals surface area (Å²) >= 11 is 0. The van der Waals surface area contributed by atoms with Crippen molar-refractivity contribution in [2.45, 2.75) is 19.9 Å². The molecule has 26 heavy (non-hydrogen) atoms. The molecule has 0 radical (unpaired) electrons. The van der Waals surface area contributed by atoms with Gasteiger partial charge in [-0.25, -0.2) is 9.78 Å². The number of nitrogens with zero attached hydrogens (tertiary/aromatic N) is 1. The second-order valence-corrected chi connectivity index (χ2v) is 5.64. The summed E-state index contributed by atoms with van der Waals surface area (Å²) in [6, 6.07) is 10.1. The number of nitrogens with one attached hydrogen (secondary N) is 3. The van der Waals surface area contributed by atoms with Crippen molar-refractivity contribution in [1.29, 1.82) is 5.41 Å². The third-order valence-corrected chi connectivity index (χ3v) is 3.70. The first-order valence-corrected chi connectivity index (χ1v) is 7.90. The van der Waals surface area contributed by atoms with Crippen molar-refractivity contribution in [3.8, 4) is 0 Å². The highest BCUT2D eigenvalue weighted by Crippen LogP contribution is 2.21. The lowest BCUT2D eigenvalue weighted by molar-refractivity contribution is 0.101. The molecule has 2 amide bonds. The number of carbonyl (C=O) groups is 2. The van der Waals surface area contributed by atoms with Gasteiger partial charge in [-0.15, -0.1) is 0 Å². The number of hydrogen-bond acceptors (Lipinski definition) is 6. The van der Waals surface area contributed by atoms with Crippen molar-refractivity contribution < 1.29 is 14.3 Å². The van der Waals surface area contributed by atoms with Crippen LogP contribution in [0.4, 0.5) is 16.3 Å². The maximum absolute atomic E-state index is 12.2. The molecule has 0 aliphatic rings. The molecule has 1 heterocycles. The lowest BCUT2D eigenvalue weighted by Crippen LogP contribution is -2.31. The fourth-order valence-corrected chi connectivity index (χ4v) is 2.40. The highest BCUT2D eigenvalue weighted by Gasteiger charge is 2.20. The molecule has 0 saturated carbocycles. The zero-order valence-electron chi connectivity index (χ0n) is 14.8. The molecular formula is C18H21N5O3. The molecule has 8 nitrogen and oxygen atoms in total. The highest BCUT2D eigenvalue weighted by atomic mass is 16.5. The maximum Gasteiger partial charge on any atom is 0.320 e. The Bertz CT molecular complexity index is 836. The van der Waals surface area contributed by atoms with Gasteiger partial charge in [0.15, 0.2) is 5.78 Å². The average Bonchev–Trinajstić information content (AvgIpc) is 2.61. The summed E-state index contributed by atoms with van der Waals surface area (Å²) in [5.41, 5.74) is 7.04. The molecule has 0 bridgehead atoms. The molecule has 0 unspecified atom stereocenters. The Balaban J connectivity index is 2.20. The highest BCUT2D eigenvalue weighted by molar-refractivity contribution is 6.09. The van der Waals surface area contributed by atoms with Crippen LogP contribution >= 0.6 is 0 Å². The van der Waals surface area contributed by atoms with Crippen LogP contribution < -0.4 is 16.4 Å². The van der Waals surface area contributed by atoms with Crippen LogP contribution in [0.15, 0.2) is 36.4 Å². The normalized spacial score (nSPS) is 11.3. The number of methoxy groups -OCH3 is 1. The SMILES string of the molecule is COC(=N)c1c(N)cc(NC(=O)N[C@H](C)c2ccccc2)nc1C(C)=O. The maximum atomic E-state index is 12.2. The summed E-state index contributed by atoms with van der Waals surface area (Å²) in [4.78, 5) is 28.1. The van der Waals surface area contributed by atoms with Gasteiger partial charge in [0.25, 0.3) is 0 Å². The number of Topliss-reactive ketones (excluding diaryl/α,β-unsaturated/α-hetero) is 1. The largest absolute Gasteiger partial charge is 0.481 e. The standard InChI is InChI=1S/C18H21N5O3/c1-10(12-7-5-4-6-8-12)21-18(25)23-14-9-13(19)15(17(20)26-3)16(22-14)11(2)24/h4-10,20H,1-3H3,(H4,19,21,22,23,25)/t10-/m1/s1. The first-order chi connectivity index (χ1) is 12.3. The smallest absolute Gasteiger partial charge is 0.320 e. The molecule has 8 heteroatoms. The Labute approximate surface area is 151 Å². The van der Waals surface area contributed by atoms with E-state index >= 15 is 0 Å². The van der Waals surface area contributed by atoms with Gasteiger partial charge in [0.2, 0.25) is 5.90 Å². The molecular weight excluding hydrogens is 334 g/mol. The lowest BCUT2D eigenvalue weighted by atomic mass is 10.1. The molecule has 2 aromatic rings. The number of anilines is 2. The number of rotatable bonds is 5. The van der Waals surface area contributed by atoms with Gasteiger partial charge >= 0.3 is 6.03 Å². The number of aromatic nitrogens is 1. The van der Waals surface area contributed by atoms with Crippen molar-refractivity contribution >= 4 is 29.2 Å². The summed E-state index contributed by atoms with van der Waals surface area (Å²) in [6.45, 7) is 3.15. The lowest BCUT2D eigenvalue weighted by Gasteiger charge is -2.16. The van der Waals surface area contributed by atoms with Gasteiger partial charge in [0.05, 0.1) is 24.4 Å². The first kappa shape index (κ1) is 18.9. The molecule has 2 rings (SSSR count). The van der Waals surface area contributed by atoms with E-state index in [0.717, 1.165) is 5.56 Å². The molecule has 1 aromatic heterocycles. The predicted molar refractivity (Wildman–Crippen MR) is 99.5 cm³/mol. The minimum Gasteiger partial charge on any atom is -0.481 e. The second kappa shape index (κ2) is 8.11. The van der Waals surface area contributed by atoms with E-state index in [9.17, 15) is 9.59 Å². The number of ketones is 1. The second-order valence-electron chi connectivity index (χ2n) is 5.64. The van der Waals surface area contributed by atoms with E-state index in [2.05, 4.69) is 15.6 Å². The van der Waals surface area contributed by atoms with E-state index in [0.29, 0.717) is 0 Å². The summed E-state index contributed by atoms with van der Waals surface area (Å²) in [7, 11) is 1.30. The number of pyridine rings is 1. The number of hydrogen-bond donors (Lipinski definition) is 4. The van der Waals surface area contributed by atoms with E-state index in [1.54, 1.807) is 0 Å². The third kappa shape index (κ3) is 4.35. The van der Waals surface area contributed by atoms with E-state index in [1.807, 2.05) is 37.3 Å². The van der Waals surface area contributed by atoms with E-state index in [-0.39, 0.29) is 34.7 Å².